The quantitative estimate of drug-likeness (QED) is 0.570. The van der Waals surface area contributed by atoms with Gasteiger partial charge in [-0.3, -0.25) is 9.67 Å². The molecule has 0 bridgehead atoms. The van der Waals surface area contributed by atoms with E-state index in [1.54, 1.807) is 17.9 Å². The summed E-state index contributed by atoms with van der Waals surface area (Å²) < 4.78 is 3.66. The van der Waals surface area contributed by atoms with Crippen LogP contribution in [-0.2, 0) is 20.1 Å². The molecule has 0 amide bonds. The number of aliphatic imine (C=N–C) groups is 1. The van der Waals surface area contributed by atoms with E-state index in [9.17, 15) is 0 Å². The summed E-state index contributed by atoms with van der Waals surface area (Å²) in [6.45, 7) is 1.44. The molecule has 0 aliphatic heterocycles. The third-order valence-electron chi connectivity index (χ3n) is 3.88. The first kappa shape index (κ1) is 16.8. The van der Waals surface area contributed by atoms with E-state index in [-0.39, 0.29) is 0 Å². The lowest BCUT2D eigenvalue weighted by molar-refractivity contribution is 0.476. The highest BCUT2D eigenvalue weighted by atomic mass is 15.3. The van der Waals surface area contributed by atoms with Crippen LogP contribution in [0.3, 0.4) is 0 Å². The summed E-state index contributed by atoms with van der Waals surface area (Å²) >= 11 is 0. The Labute approximate surface area is 147 Å². The summed E-state index contributed by atoms with van der Waals surface area (Å²) in [5.74, 6) is 0.841. The number of hydrogen-bond acceptors (Lipinski definition) is 3. The van der Waals surface area contributed by atoms with Crippen LogP contribution in [-0.4, -0.2) is 44.5 Å². The van der Waals surface area contributed by atoms with E-state index in [1.165, 1.54) is 5.56 Å². The second kappa shape index (κ2) is 7.65. The van der Waals surface area contributed by atoms with Crippen LogP contribution in [0.15, 0.2) is 60.1 Å². The summed E-state index contributed by atoms with van der Waals surface area (Å²) in [7, 11) is 5.73. The zero-order chi connectivity index (χ0) is 17.6. The average molecular weight is 337 g/mol. The van der Waals surface area contributed by atoms with E-state index in [0.29, 0.717) is 6.54 Å². The third-order valence-corrected chi connectivity index (χ3v) is 3.88. The molecule has 1 aromatic carbocycles. The predicted molar refractivity (Wildman–Crippen MR) is 98.4 cm³/mol. The van der Waals surface area contributed by atoms with Gasteiger partial charge in [0.2, 0.25) is 0 Å². The van der Waals surface area contributed by atoms with Gasteiger partial charge in [-0.15, -0.1) is 0 Å². The number of aromatic nitrogens is 4. The van der Waals surface area contributed by atoms with Crippen molar-refractivity contribution in [1.82, 2.24) is 29.8 Å². The topological polar surface area (TPSA) is 63.3 Å². The van der Waals surface area contributed by atoms with Gasteiger partial charge in [0.25, 0.3) is 0 Å². The van der Waals surface area contributed by atoms with Gasteiger partial charge in [-0.1, -0.05) is 12.1 Å². The van der Waals surface area contributed by atoms with Crippen LogP contribution < -0.4 is 5.32 Å². The summed E-state index contributed by atoms with van der Waals surface area (Å²) in [4.78, 5) is 6.44. The standard InChI is InChI=1S/C18H23N7/c1-19-18(23(2)13-16-12-22-24(3)14-16)20-11-15-6-4-7-17(10-15)25-9-5-8-21-25/h4-10,12,14H,11,13H2,1-3H3,(H,19,20). The van der Waals surface area contributed by atoms with E-state index >= 15 is 0 Å². The first-order valence-corrected chi connectivity index (χ1v) is 8.14. The Morgan fingerprint density at radius 2 is 2.12 bits per heavy atom. The van der Waals surface area contributed by atoms with Crippen molar-refractivity contribution in [1.29, 1.82) is 0 Å². The van der Waals surface area contributed by atoms with Crippen LogP contribution in [0.4, 0.5) is 0 Å². The minimum absolute atomic E-state index is 0.694. The number of benzene rings is 1. The molecule has 7 heteroatoms. The van der Waals surface area contributed by atoms with Gasteiger partial charge < -0.3 is 10.2 Å². The second-order valence-corrected chi connectivity index (χ2v) is 5.90. The minimum Gasteiger partial charge on any atom is -0.352 e. The molecule has 1 N–H and O–H groups in total. The van der Waals surface area contributed by atoms with Crippen molar-refractivity contribution in [3.8, 4) is 5.69 Å². The lowest BCUT2D eigenvalue weighted by atomic mass is 10.2. The van der Waals surface area contributed by atoms with Crippen LogP contribution in [0.5, 0.6) is 0 Å². The molecule has 0 saturated heterocycles. The zero-order valence-corrected chi connectivity index (χ0v) is 14.8. The molecule has 0 aliphatic carbocycles. The molecule has 0 aliphatic rings. The molecule has 0 fully saturated rings. The molecule has 0 unspecified atom stereocenters. The SMILES string of the molecule is CN=C(NCc1cccc(-n2cccn2)c1)N(C)Cc1cnn(C)c1. The number of rotatable bonds is 5. The molecule has 0 atom stereocenters. The van der Waals surface area contributed by atoms with Crippen molar-refractivity contribution >= 4 is 5.96 Å². The third kappa shape index (κ3) is 4.26. The van der Waals surface area contributed by atoms with E-state index in [4.69, 9.17) is 0 Å². The Hall–Kier alpha value is -3.09. The Morgan fingerprint density at radius 3 is 2.80 bits per heavy atom. The maximum Gasteiger partial charge on any atom is 0.193 e. The summed E-state index contributed by atoms with van der Waals surface area (Å²) in [5, 5.41) is 11.9. The second-order valence-electron chi connectivity index (χ2n) is 5.90. The van der Waals surface area contributed by atoms with Gasteiger partial charge in [0.15, 0.2) is 5.96 Å². The fraction of sp³-hybridized carbons (Fsp3) is 0.278. The molecule has 3 aromatic rings. The minimum atomic E-state index is 0.694. The summed E-state index contributed by atoms with van der Waals surface area (Å²) in [6, 6.07) is 10.2. The normalized spacial score (nSPS) is 11.6. The van der Waals surface area contributed by atoms with Crippen LogP contribution in [0, 0.1) is 0 Å². The van der Waals surface area contributed by atoms with Crippen molar-refractivity contribution in [2.24, 2.45) is 12.0 Å². The van der Waals surface area contributed by atoms with Crippen molar-refractivity contribution in [2.45, 2.75) is 13.1 Å². The van der Waals surface area contributed by atoms with Crippen molar-refractivity contribution in [3.63, 3.8) is 0 Å². The molecule has 25 heavy (non-hydrogen) atoms. The van der Waals surface area contributed by atoms with Gasteiger partial charge in [-0.05, 0) is 23.8 Å². The molecule has 2 heterocycles. The molecule has 0 saturated carbocycles. The van der Waals surface area contributed by atoms with E-state index in [1.807, 2.05) is 55.6 Å². The largest absolute Gasteiger partial charge is 0.352 e. The van der Waals surface area contributed by atoms with Gasteiger partial charge in [-0.2, -0.15) is 10.2 Å². The Morgan fingerprint density at radius 1 is 1.24 bits per heavy atom. The molecule has 0 spiro atoms. The number of hydrogen-bond donors (Lipinski definition) is 1. The van der Waals surface area contributed by atoms with E-state index in [2.05, 4.69) is 37.5 Å². The van der Waals surface area contributed by atoms with Crippen molar-refractivity contribution in [3.05, 3.63) is 66.2 Å². The molecular formula is C18H23N7. The number of guanidine groups is 1. The highest BCUT2D eigenvalue weighted by Gasteiger charge is 2.08. The van der Waals surface area contributed by atoms with Crippen LogP contribution in [0.2, 0.25) is 0 Å². The number of nitrogens with zero attached hydrogens (tertiary/aromatic N) is 6. The van der Waals surface area contributed by atoms with Crippen molar-refractivity contribution in [2.75, 3.05) is 14.1 Å². The van der Waals surface area contributed by atoms with Crippen LogP contribution in [0.1, 0.15) is 11.1 Å². The molecule has 2 aromatic heterocycles. The Balaban J connectivity index is 1.62. The highest BCUT2D eigenvalue weighted by Crippen LogP contribution is 2.10. The highest BCUT2D eigenvalue weighted by molar-refractivity contribution is 5.79. The summed E-state index contributed by atoms with van der Waals surface area (Å²) in [5.41, 5.74) is 3.36. The molecule has 130 valence electrons. The lowest BCUT2D eigenvalue weighted by Crippen LogP contribution is -2.38. The first-order chi connectivity index (χ1) is 12.2. The van der Waals surface area contributed by atoms with Crippen LogP contribution in [0.25, 0.3) is 5.69 Å². The molecule has 0 radical (unpaired) electrons. The van der Waals surface area contributed by atoms with Crippen molar-refractivity contribution < 1.29 is 0 Å². The Bertz CT molecular complexity index is 833. The number of aryl methyl sites for hydroxylation is 1. The van der Waals surface area contributed by atoms with Gasteiger partial charge >= 0.3 is 0 Å². The number of nitrogens with one attached hydrogen (secondary N) is 1. The van der Waals surface area contributed by atoms with Gasteiger partial charge in [0, 0.05) is 58.4 Å². The first-order valence-electron chi connectivity index (χ1n) is 8.14. The molecular weight excluding hydrogens is 314 g/mol. The fourth-order valence-corrected chi connectivity index (χ4v) is 2.70. The zero-order valence-electron chi connectivity index (χ0n) is 14.8. The van der Waals surface area contributed by atoms with Gasteiger partial charge in [-0.25, -0.2) is 4.68 Å². The monoisotopic (exact) mass is 337 g/mol. The Kier molecular flexibility index (Phi) is 5.13. The average Bonchev–Trinajstić information content (AvgIpc) is 3.28. The van der Waals surface area contributed by atoms with E-state index in [0.717, 1.165) is 23.8 Å². The van der Waals surface area contributed by atoms with Crippen LogP contribution >= 0.6 is 0 Å². The van der Waals surface area contributed by atoms with Gasteiger partial charge in [0.05, 0.1) is 11.9 Å². The van der Waals surface area contributed by atoms with E-state index < -0.39 is 0 Å². The molecule has 7 nitrogen and oxygen atoms in total. The fourth-order valence-electron chi connectivity index (χ4n) is 2.70. The maximum atomic E-state index is 4.37. The smallest absolute Gasteiger partial charge is 0.193 e. The summed E-state index contributed by atoms with van der Waals surface area (Å²) in [6.07, 6.45) is 7.60. The lowest BCUT2D eigenvalue weighted by Gasteiger charge is -2.21. The van der Waals surface area contributed by atoms with Gasteiger partial charge in [0.1, 0.15) is 0 Å². The molecule has 3 rings (SSSR count). The predicted octanol–water partition coefficient (Wildman–Crippen LogP) is 1.81. The maximum absolute atomic E-state index is 4.37.